The molecule has 3 nitrogen and oxygen atoms in total. The van der Waals surface area contributed by atoms with Crippen LogP contribution in [0.3, 0.4) is 0 Å². The Hall–Kier alpha value is -0.0794. The highest BCUT2D eigenvalue weighted by Crippen LogP contribution is 1.68. The molecule has 0 bridgehead atoms. The van der Waals surface area contributed by atoms with Crippen molar-refractivity contribution in [3.63, 3.8) is 0 Å². The van der Waals surface area contributed by atoms with Crippen molar-refractivity contribution in [1.29, 1.82) is 0 Å². The first-order valence-electron chi connectivity index (χ1n) is 5.85. The number of rotatable bonds is 0. The van der Waals surface area contributed by atoms with Gasteiger partial charge in [0.2, 0.25) is 0 Å². The Morgan fingerprint density at radius 1 is 0.625 bits per heavy atom. The van der Waals surface area contributed by atoms with Gasteiger partial charge < -0.3 is 10.2 Å². The summed E-state index contributed by atoms with van der Waals surface area (Å²) in [6.07, 6.45) is -1.83. The standard InChI is InChI=1S/3C3H10Si.CH2O3/c3*1-4(2)3;2-1(3)4/h3*4H,1-3H3;(H2,2,3,4). The summed E-state index contributed by atoms with van der Waals surface area (Å²) in [5.41, 5.74) is 0. The second-order valence-corrected chi connectivity index (χ2v) is 15.9. The summed E-state index contributed by atoms with van der Waals surface area (Å²) in [6, 6.07) is 0. The van der Waals surface area contributed by atoms with E-state index in [1.807, 2.05) is 0 Å². The van der Waals surface area contributed by atoms with Crippen molar-refractivity contribution in [2.24, 2.45) is 0 Å². The minimum Gasteiger partial charge on any atom is -0.450 e. The molecule has 0 rings (SSSR count). The predicted octanol–water partition coefficient (Wildman–Crippen LogP) is 3.53. The molecule has 0 unspecified atom stereocenters. The summed E-state index contributed by atoms with van der Waals surface area (Å²) >= 11 is 0. The van der Waals surface area contributed by atoms with E-state index in [0.717, 1.165) is 0 Å². The third kappa shape index (κ3) is 369000. The maximum atomic E-state index is 8.56. The summed E-state index contributed by atoms with van der Waals surface area (Å²) in [7, 11) is -0.417. The number of hydrogen-bond acceptors (Lipinski definition) is 1. The zero-order valence-electron chi connectivity index (χ0n) is 12.5. The summed E-state index contributed by atoms with van der Waals surface area (Å²) < 4.78 is 0. The molecular weight excluding hydrogens is 252 g/mol. The molecule has 0 aromatic rings. The SMILES string of the molecule is C[SiH](C)C.C[SiH](C)C.C[SiH](C)C.O=C(O)O. The smallest absolute Gasteiger partial charge is 0.450 e. The predicted molar refractivity (Wildman–Crippen MR) is 84.9 cm³/mol. The van der Waals surface area contributed by atoms with Crippen LogP contribution in [0.15, 0.2) is 0 Å². The third-order valence-corrected chi connectivity index (χ3v) is 0. The second-order valence-electron chi connectivity index (χ2n) is 5.48. The molecule has 0 heterocycles. The fourth-order valence-corrected chi connectivity index (χ4v) is 0. The average Bonchev–Trinajstić information content (AvgIpc) is 1.76. The topological polar surface area (TPSA) is 57.5 Å². The van der Waals surface area contributed by atoms with Crippen LogP contribution in [-0.4, -0.2) is 42.8 Å². The lowest BCUT2D eigenvalue weighted by Crippen LogP contribution is -1.84. The molecule has 0 amide bonds. The van der Waals surface area contributed by atoms with Crippen LogP contribution >= 0.6 is 0 Å². The lowest BCUT2D eigenvalue weighted by molar-refractivity contribution is 0.137. The van der Waals surface area contributed by atoms with Crippen LogP contribution in [0, 0.1) is 0 Å². The van der Waals surface area contributed by atoms with Gasteiger partial charge in [-0.1, -0.05) is 58.9 Å². The molecule has 2 N–H and O–H groups in total. The van der Waals surface area contributed by atoms with Crippen molar-refractivity contribution in [1.82, 2.24) is 0 Å². The van der Waals surface area contributed by atoms with Crippen molar-refractivity contribution in [3.8, 4) is 0 Å². The molecule has 16 heavy (non-hydrogen) atoms. The Kier molecular flexibility index (Phi) is 31.7. The first kappa shape index (κ1) is 24.9. The average molecular weight is 285 g/mol. The Morgan fingerprint density at radius 3 is 0.625 bits per heavy atom. The second kappa shape index (κ2) is 20.3. The van der Waals surface area contributed by atoms with Crippen molar-refractivity contribution in [2.45, 2.75) is 58.9 Å². The van der Waals surface area contributed by atoms with Gasteiger partial charge in [-0.2, -0.15) is 0 Å². The van der Waals surface area contributed by atoms with Gasteiger partial charge in [0.25, 0.3) is 0 Å². The Bertz CT molecular complexity index is 102. The van der Waals surface area contributed by atoms with Gasteiger partial charge in [0, 0.05) is 26.4 Å². The van der Waals surface area contributed by atoms with Crippen LogP contribution < -0.4 is 0 Å². The minimum absolute atomic E-state index is 0.139. The number of carbonyl (C=O) groups is 1. The van der Waals surface area contributed by atoms with Gasteiger partial charge in [0.15, 0.2) is 0 Å². The molecule has 0 aliphatic rings. The molecule has 0 saturated carbocycles. The molecule has 0 aromatic heterocycles. The van der Waals surface area contributed by atoms with Crippen molar-refractivity contribution < 1.29 is 15.0 Å². The Balaban J connectivity index is -0.0000000600. The zero-order chi connectivity index (χ0) is 14.3. The minimum atomic E-state index is -1.83. The largest absolute Gasteiger partial charge is 0.503 e. The number of hydrogen-bond donors (Lipinski definition) is 2. The van der Waals surface area contributed by atoms with Gasteiger partial charge in [0.1, 0.15) is 0 Å². The van der Waals surface area contributed by atoms with Gasteiger partial charge in [0.05, 0.1) is 0 Å². The Morgan fingerprint density at radius 2 is 0.625 bits per heavy atom. The van der Waals surface area contributed by atoms with E-state index in [4.69, 9.17) is 15.0 Å². The quantitative estimate of drug-likeness (QED) is 0.669. The monoisotopic (exact) mass is 284 g/mol. The first-order valence-corrected chi connectivity index (χ1v) is 16.2. The highest BCUT2D eigenvalue weighted by atomic mass is 28.3. The van der Waals surface area contributed by atoms with E-state index < -0.39 is 6.16 Å². The van der Waals surface area contributed by atoms with Gasteiger partial charge in [-0.3, -0.25) is 0 Å². The summed E-state index contributed by atoms with van der Waals surface area (Å²) in [4.78, 5) is 8.56. The van der Waals surface area contributed by atoms with Crippen molar-refractivity contribution in [3.05, 3.63) is 0 Å². The molecule has 0 aromatic carbocycles. The fraction of sp³-hybridized carbons (Fsp3) is 0.900. The van der Waals surface area contributed by atoms with E-state index in [0.29, 0.717) is 0 Å². The molecule has 0 spiro atoms. The summed E-state index contributed by atoms with van der Waals surface area (Å²) in [5, 5.41) is 13.9. The fourth-order valence-electron chi connectivity index (χ4n) is 0. The van der Waals surface area contributed by atoms with E-state index in [2.05, 4.69) is 58.9 Å². The van der Waals surface area contributed by atoms with E-state index in [-0.39, 0.29) is 26.4 Å². The first-order chi connectivity index (χ1) is 6.93. The maximum Gasteiger partial charge on any atom is 0.503 e. The van der Waals surface area contributed by atoms with E-state index in [1.165, 1.54) is 0 Å². The molecule has 102 valence electrons. The molecule has 0 atom stereocenters. The summed E-state index contributed by atoms with van der Waals surface area (Å²) in [6.45, 7) is 20.8. The zero-order valence-corrected chi connectivity index (χ0v) is 16.0. The molecule has 0 radical (unpaired) electrons. The summed E-state index contributed by atoms with van der Waals surface area (Å²) in [5.74, 6) is 0. The highest BCUT2D eigenvalue weighted by molar-refractivity contribution is 6.54. The molecule has 0 saturated heterocycles. The highest BCUT2D eigenvalue weighted by Gasteiger charge is 1.72. The molecule has 0 fully saturated rings. The van der Waals surface area contributed by atoms with Crippen LogP contribution in [-0.2, 0) is 0 Å². The van der Waals surface area contributed by atoms with Crippen LogP contribution in [0.25, 0.3) is 0 Å². The maximum absolute atomic E-state index is 8.56. The molecular formula is C10H32O3Si3. The lowest BCUT2D eigenvalue weighted by Gasteiger charge is -1.75. The lowest BCUT2D eigenvalue weighted by atomic mass is 11.5. The Labute approximate surface area is 107 Å². The van der Waals surface area contributed by atoms with Crippen LogP contribution in [0.4, 0.5) is 4.79 Å². The normalized spacial score (nSPS) is 8.25. The molecule has 0 aliphatic heterocycles. The third-order valence-electron chi connectivity index (χ3n) is 0. The van der Waals surface area contributed by atoms with Crippen LogP contribution in [0.5, 0.6) is 0 Å². The molecule has 0 aliphatic carbocycles. The van der Waals surface area contributed by atoms with Gasteiger partial charge >= 0.3 is 6.16 Å². The van der Waals surface area contributed by atoms with E-state index in [9.17, 15) is 0 Å². The van der Waals surface area contributed by atoms with Gasteiger partial charge in [-0.15, -0.1) is 0 Å². The van der Waals surface area contributed by atoms with Crippen molar-refractivity contribution in [2.75, 3.05) is 0 Å². The van der Waals surface area contributed by atoms with Crippen LogP contribution in [0.2, 0.25) is 58.9 Å². The van der Waals surface area contributed by atoms with Gasteiger partial charge in [-0.05, 0) is 0 Å². The molecule has 6 heteroatoms. The van der Waals surface area contributed by atoms with E-state index in [1.54, 1.807) is 0 Å². The van der Waals surface area contributed by atoms with Crippen LogP contribution in [0.1, 0.15) is 0 Å². The van der Waals surface area contributed by atoms with Gasteiger partial charge in [-0.25, -0.2) is 4.79 Å². The number of carboxylic acid groups (broad SMARTS) is 2. The van der Waals surface area contributed by atoms with E-state index >= 15 is 0 Å². The van der Waals surface area contributed by atoms with Crippen molar-refractivity contribution >= 4 is 32.5 Å².